The second kappa shape index (κ2) is 5.12. The number of hydrogen-bond donors (Lipinski definition) is 1. The van der Waals surface area contributed by atoms with Gasteiger partial charge in [0.25, 0.3) is 0 Å². The number of hydrogen-bond acceptors (Lipinski definition) is 3. The van der Waals surface area contributed by atoms with Gasteiger partial charge in [-0.2, -0.15) is 0 Å². The van der Waals surface area contributed by atoms with E-state index in [9.17, 15) is 4.39 Å². The number of aromatic nitrogens is 1. The largest absolute Gasteiger partial charge is 0.330 e. The van der Waals surface area contributed by atoms with Crippen LogP contribution < -0.4 is 5.73 Å². The molecule has 1 aromatic heterocycles. The van der Waals surface area contributed by atoms with Crippen LogP contribution in [0.1, 0.15) is 10.6 Å². The number of thiazole rings is 1. The minimum atomic E-state index is -0.415. The molecule has 2 rings (SSSR count). The lowest BCUT2D eigenvalue weighted by Crippen LogP contribution is -2.01. The van der Waals surface area contributed by atoms with Gasteiger partial charge in [-0.3, -0.25) is 0 Å². The molecule has 0 aliphatic heterocycles. The third-order valence-electron chi connectivity index (χ3n) is 2.45. The van der Waals surface area contributed by atoms with Gasteiger partial charge < -0.3 is 5.73 Å². The van der Waals surface area contributed by atoms with Gasteiger partial charge in [-0.1, -0.05) is 17.7 Å². The first-order valence-corrected chi connectivity index (χ1v) is 6.43. The Bertz CT molecular complexity index is 539. The minimum Gasteiger partial charge on any atom is -0.330 e. The van der Waals surface area contributed by atoms with Crippen molar-refractivity contribution in [3.63, 3.8) is 0 Å². The van der Waals surface area contributed by atoms with E-state index in [1.54, 1.807) is 12.1 Å². The molecular weight excluding hydrogens is 259 g/mol. The fraction of sp³-hybridized carbons (Fsp3) is 0.250. The predicted octanol–water partition coefficient (Wildman–Crippen LogP) is 3.41. The summed E-state index contributed by atoms with van der Waals surface area (Å²) >= 11 is 7.22. The lowest BCUT2D eigenvalue weighted by atomic mass is 10.2. The lowest BCUT2D eigenvalue weighted by molar-refractivity contribution is 0.631. The molecule has 0 bridgehead atoms. The van der Waals surface area contributed by atoms with Crippen molar-refractivity contribution in [2.24, 2.45) is 5.73 Å². The maximum atomic E-state index is 13.8. The van der Waals surface area contributed by atoms with Gasteiger partial charge in [0, 0.05) is 10.4 Å². The van der Waals surface area contributed by atoms with E-state index in [0.29, 0.717) is 17.1 Å². The highest BCUT2D eigenvalue weighted by atomic mass is 35.5. The first kappa shape index (κ1) is 12.5. The van der Waals surface area contributed by atoms with Crippen LogP contribution in [0.15, 0.2) is 18.2 Å². The molecule has 0 aliphatic carbocycles. The van der Waals surface area contributed by atoms with Crippen LogP contribution in [0, 0.1) is 12.7 Å². The van der Waals surface area contributed by atoms with Crippen molar-refractivity contribution < 1.29 is 4.39 Å². The van der Waals surface area contributed by atoms with Gasteiger partial charge in [0.05, 0.1) is 10.7 Å². The summed E-state index contributed by atoms with van der Waals surface area (Å²) < 4.78 is 13.8. The van der Waals surface area contributed by atoms with Gasteiger partial charge in [0.1, 0.15) is 5.01 Å². The van der Waals surface area contributed by atoms with Crippen molar-refractivity contribution >= 4 is 22.9 Å². The molecular formula is C12H12ClFN2S. The molecule has 5 heteroatoms. The van der Waals surface area contributed by atoms with E-state index < -0.39 is 5.82 Å². The fourth-order valence-corrected chi connectivity index (χ4v) is 2.85. The molecule has 0 saturated carbocycles. The van der Waals surface area contributed by atoms with Crippen LogP contribution in [-0.2, 0) is 6.42 Å². The van der Waals surface area contributed by atoms with Gasteiger partial charge in [-0.05, 0) is 32.0 Å². The van der Waals surface area contributed by atoms with Crippen LogP contribution in [0.25, 0.3) is 10.6 Å². The summed E-state index contributed by atoms with van der Waals surface area (Å²) in [6, 6.07) is 4.94. The third kappa shape index (κ3) is 2.49. The maximum absolute atomic E-state index is 13.8. The molecule has 0 amide bonds. The van der Waals surface area contributed by atoms with Gasteiger partial charge in [-0.15, -0.1) is 11.3 Å². The number of nitrogens with zero attached hydrogens (tertiary/aromatic N) is 1. The Morgan fingerprint density at radius 3 is 2.94 bits per heavy atom. The second-order valence-corrected chi connectivity index (χ2v) is 5.16. The Hall–Kier alpha value is -0.970. The zero-order valence-electron chi connectivity index (χ0n) is 9.34. The second-order valence-electron chi connectivity index (χ2n) is 3.67. The summed E-state index contributed by atoms with van der Waals surface area (Å²) in [6.45, 7) is 2.48. The Morgan fingerprint density at radius 1 is 1.47 bits per heavy atom. The zero-order valence-corrected chi connectivity index (χ0v) is 10.9. The van der Waals surface area contributed by atoms with Gasteiger partial charge in [0.2, 0.25) is 0 Å². The number of rotatable bonds is 3. The first-order valence-electron chi connectivity index (χ1n) is 5.24. The molecule has 1 heterocycles. The summed E-state index contributed by atoms with van der Waals surface area (Å²) in [4.78, 5) is 5.46. The SMILES string of the molecule is Cc1nc(-c2cccc(Cl)c2F)sc1CCN. The Morgan fingerprint density at radius 2 is 2.24 bits per heavy atom. The molecule has 0 aliphatic rings. The number of benzene rings is 1. The highest BCUT2D eigenvalue weighted by Gasteiger charge is 2.14. The molecule has 0 atom stereocenters. The first-order chi connectivity index (χ1) is 8.13. The van der Waals surface area contributed by atoms with Crippen LogP contribution >= 0.6 is 22.9 Å². The zero-order chi connectivity index (χ0) is 12.4. The van der Waals surface area contributed by atoms with Crippen molar-refractivity contribution in [3.05, 3.63) is 39.6 Å². The van der Waals surface area contributed by atoms with E-state index in [2.05, 4.69) is 4.98 Å². The van der Waals surface area contributed by atoms with E-state index in [1.807, 2.05) is 6.92 Å². The number of aryl methyl sites for hydroxylation is 1. The van der Waals surface area contributed by atoms with Crippen molar-refractivity contribution in [1.29, 1.82) is 0 Å². The van der Waals surface area contributed by atoms with E-state index >= 15 is 0 Å². The average molecular weight is 271 g/mol. The average Bonchev–Trinajstić information content (AvgIpc) is 2.65. The summed E-state index contributed by atoms with van der Waals surface area (Å²) in [5, 5.41) is 0.779. The van der Waals surface area contributed by atoms with Gasteiger partial charge in [-0.25, -0.2) is 9.37 Å². The highest BCUT2D eigenvalue weighted by Crippen LogP contribution is 2.32. The molecule has 0 radical (unpaired) electrons. The molecule has 17 heavy (non-hydrogen) atoms. The molecule has 0 saturated heterocycles. The van der Waals surface area contributed by atoms with Crippen LogP contribution in [0.5, 0.6) is 0 Å². The standard InChI is InChI=1S/C12H12ClFN2S/c1-7-10(5-6-15)17-12(16-7)8-3-2-4-9(13)11(8)14/h2-4H,5-6,15H2,1H3. The quantitative estimate of drug-likeness (QED) is 0.928. The highest BCUT2D eigenvalue weighted by molar-refractivity contribution is 7.15. The van der Waals surface area contributed by atoms with Crippen LogP contribution in [0.2, 0.25) is 5.02 Å². The van der Waals surface area contributed by atoms with Crippen LogP contribution in [-0.4, -0.2) is 11.5 Å². The van der Waals surface area contributed by atoms with Gasteiger partial charge >= 0.3 is 0 Å². The van der Waals surface area contributed by atoms with Crippen molar-refractivity contribution in [1.82, 2.24) is 4.98 Å². The van der Waals surface area contributed by atoms with Crippen LogP contribution in [0.3, 0.4) is 0 Å². The monoisotopic (exact) mass is 270 g/mol. The van der Waals surface area contributed by atoms with E-state index in [0.717, 1.165) is 17.0 Å². The van der Waals surface area contributed by atoms with Crippen molar-refractivity contribution in [2.45, 2.75) is 13.3 Å². The van der Waals surface area contributed by atoms with E-state index in [4.69, 9.17) is 17.3 Å². The summed E-state index contributed by atoms with van der Waals surface area (Å²) in [6.07, 6.45) is 0.770. The Kier molecular flexibility index (Phi) is 3.76. The van der Waals surface area contributed by atoms with Crippen molar-refractivity contribution in [2.75, 3.05) is 6.54 Å². The molecule has 0 spiro atoms. The smallest absolute Gasteiger partial charge is 0.152 e. The summed E-state index contributed by atoms with van der Waals surface area (Å²) in [5.74, 6) is -0.415. The van der Waals surface area contributed by atoms with Crippen LogP contribution in [0.4, 0.5) is 4.39 Å². The third-order valence-corrected chi connectivity index (χ3v) is 3.99. The van der Waals surface area contributed by atoms with E-state index in [1.165, 1.54) is 17.4 Å². The molecule has 2 nitrogen and oxygen atoms in total. The maximum Gasteiger partial charge on any atom is 0.152 e. The summed E-state index contributed by atoms with van der Waals surface area (Å²) in [5.41, 5.74) is 6.88. The predicted molar refractivity (Wildman–Crippen MR) is 70.0 cm³/mol. The Balaban J connectivity index is 2.46. The van der Waals surface area contributed by atoms with Crippen molar-refractivity contribution in [3.8, 4) is 10.6 Å². The molecule has 2 aromatic rings. The molecule has 90 valence electrons. The number of halogens is 2. The fourth-order valence-electron chi connectivity index (χ4n) is 1.58. The Labute approximate surface area is 108 Å². The normalized spacial score (nSPS) is 10.8. The lowest BCUT2D eigenvalue weighted by Gasteiger charge is -1.99. The topological polar surface area (TPSA) is 38.9 Å². The summed E-state index contributed by atoms with van der Waals surface area (Å²) in [7, 11) is 0. The molecule has 0 unspecified atom stereocenters. The van der Waals surface area contributed by atoms with E-state index in [-0.39, 0.29) is 5.02 Å². The number of nitrogens with two attached hydrogens (primary N) is 1. The molecule has 2 N–H and O–H groups in total. The molecule has 0 fully saturated rings. The minimum absolute atomic E-state index is 0.121. The molecule has 1 aromatic carbocycles. The van der Waals surface area contributed by atoms with Gasteiger partial charge in [0.15, 0.2) is 5.82 Å².